The predicted octanol–water partition coefficient (Wildman–Crippen LogP) is 1.13. The molecule has 0 unspecified atom stereocenters. The van der Waals surface area contributed by atoms with Crippen molar-refractivity contribution in [2.45, 2.75) is 31.9 Å². The van der Waals surface area contributed by atoms with E-state index in [9.17, 15) is 9.59 Å². The van der Waals surface area contributed by atoms with Crippen molar-refractivity contribution in [1.82, 2.24) is 5.32 Å². The third-order valence-corrected chi connectivity index (χ3v) is 4.10. The Kier molecular flexibility index (Phi) is 4.40. The zero-order valence-electron chi connectivity index (χ0n) is 12.7. The molecule has 0 bridgehead atoms. The smallest absolute Gasteiger partial charge is 0.244 e. The fraction of sp³-hybridized carbons (Fsp3) is 0.500. The van der Waals surface area contributed by atoms with E-state index in [0.29, 0.717) is 25.3 Å². The Morgan fingerprint density at radius 2 is 2.32 bits per heavy atom. The van der Waals surface area contributed by atoms with Crippen LogP contribution in [0.5, 0.6) is 0 Å². The van der Waals surface area contributed by atoms with E-state index in [1.54, 1.807) is 4.90 Å². The minimum absolute atomic E-state index is 0.114. The molecule has 0 aliphatic carbocycles. The topological polar surface area (TPSA) is 70.7 Å². The van der Waals surface area contributed by atoms with Gasteiger partial charge in [-0.3, -0.25) is 9.59 Å². The maximum atomic E-state index is 12.3. The Morgan fingerprint density at radius 1 is 1.45 bits per heavy atom. The lowest BCUT2D eigenvalue weighted by Gasteiger charge is -2.29. The molecule has 2 N–H and O–H groups in total. The number of benzene rings is 1. The van der Waals surface area contributed by atoms with E-state index >= 15 is 0 Å². The monoisotopic (exact) mass is 303 g/mol. The molecule has 22 heavy (non-hydrogen) atoms. The fourth-order valence-corrected chi connectivity index (χ4v) is 2.92. The molecule has 2 fully saturated rings. The van der Waals surface area contributed by atoms with Gasteiger partial charge in [0, 0.05) is 30.9 Å². The van der Waals surface area contributed by atoms with Crippen molar-refractivity contribution in [1.29, 1.82) is 0 Å². The molecule has 1 aromatic carbocycles. The molecule has 2 atom stereocenters. The summed E-state index contributed by atoms with van der Waals surface area (Å²) < 4.78 is 5.49. The summed E-state index contributed by atoms with van der Waals surface area (Å²) in [5.74, 6) is 0.0246. The number of nitrogens with one attached hydrogen (secondary N) is 2. The zero-order chi connectivity index (χ0) is 15.5. The largest absolute Gasteiger partial charge is 0.375 e. The van der Waals surface area contributed by atoms with E-state index < -0.39 is 0 Å². The molecule has 0 spiro atoms. The van der Waals surface area contributed by atoms with E-state index in [-0.39, 0.29) is 24.0 Å². The first-order chi connectivity index (χ1) is 10.6. The third-order valence-electron chi connectivity index (χ3n) is 4.10. The number of hydrogen-bond acceptors (Lipinski definition) is 4. The average molecular weight is 303 g/mol. The van der Waals surface area contributed by atoms with Gasteiger partial charge in [0.05, 0.1) is 12.7 Å². The van der Waals surface area contributed by atoms with Crippen LogP contribution in [-0.2, 0) is 14.3 Å². The second-order valence-electron chi connectivity index (χ2n) is 5.70. The molecule has 2 aliphatic rings. The number of carbonyl (C=O) groups is 2. The van der Waals surface area contributed by atoms with Gasteiger partial charge in [-0.05, 0) is 31.5 Å². The molecule has 2 aliphatic heterocycles. The average Bonchev–Trinajstić information content (AvgIpc) is 2.94. The van der Waals surface area contributed by atoms with Crippen LogP contribution in [0.15, 0.2) is 24.3 Å². The van der Waals surface area contributed by atoms with Crippen molar-refractivity contribution >= 4 is 23.2 Å². The Morgan fingerprint density at radius 3 is 3.05 bits per heavy atom. The van der Waals surface area contributed by atoms with Crippen molar-refractivity contribution in [2.75, 3.05) is 29.9 Å². The number of rotatable bonds is 3. The number of anilines is 2. The summed E-state index contributed by atoms with van der Waals surface area (Å²) in [6.07, 6.45) is 1.32. The second-order valence-corrected chi connectivity index (χ2v) is 5.70. The second kappa shape index (κ2) is 6.46. The highest BCUT2D eigenvalue weighted by Gasteiger charge is 2.28. The fourth-order valence-electron chi connectivity index (χ4n) is 2.92. The van der Waals surface area contributed by atoms with Gasteiger partial charge in [0.25, 0.3) is 0 Å². The van der Waals surface area contributed by atoms with E-state index in [2.05, 4.69) is 10.6 Å². The van der Waals surface area contributed by atoms with Gasteiger partial charge >= 0.3 is 0 Å². The molecule has 6 heteroatoms. The van der Waals surface area contributed by atoms with Gasteiger partial charge in [-0.25, -0.2) is 0 Å². The SMILES string of the molecule is C[C@H]1OCCN[C@@H]1C(=O)Nc1cccc(N2CCCC2=O)c1. The first kappa shape index (κ1) is 15.0. The number of ether oxygens (including phenoxy) is 1. The summed E-state index contributed by atoms with van der Waals surface area (Å²) in [6.45, 7) is 3.92. The predicted molar refractivity (Wildman–Crippen MR) is 83.9 cm³/mol. The summed E-state index contributed by atoms with van der Waals surface area (Å²) in [5, 5.41) is 6.07. The molecule has 2 saturated heterocycles. The highest BCUT2D eigenvalue weighted by Crippen LogP contribution is 2.24. The van der Waals surface area contributed by atoms with Crippen LogP contribution in [0.1, 0.15) is 19.8 Å². The Labute approximate surface area is 129 Å². The molecular weight excluding hydrogens is 282 g/mol. The molecule has 6 nitrogen and oxygen atoms in total. The quantitative estimate of drug-likeness (QED) is 0.878. The number of carbonyl (C=O) groups excluding carboxylic acids is 2. The van der Waals surface area contributed by atoms with E-state index in [0.717, 1.165) is 18.7 Å². The highest BCUT2D eigenvalue weighted by atomic mass is 16.5. The number of nitrogens with zero attached hydrogens (tertiary/aromatic N) is 1. The van der Waals surface area contributed by atoms with Crippen LogP contribution in [-0.4, -0.2) is 43.7 Å². The maximum absolute atomic E-state index is 12.3. The molecule has 2 amide bonds. The van der Waals surface area contributed by atoms with Crippen molar-refractivity contribution in [3.05, 3.63) is 24.3 Å². The van der Waals surface area contributed by atoms with E-state index in [4.69, 9.17) is 4.74 Å². The lowest BCUT2D eigenvalue weighted by Crippen LogP contribution is -2.53. The molecule has 3 rings (SSSR count). The van der Waals surface area contributed by atoms with Gasteiger partial charge in [-0.15, -0.1) is 0 Å². The minimum Gasteiger partial charge on any atom is -0.375 e. The van der Waals surface area contributed by atoms with Crippen molar-refractivity contribution < 1.29 is 14.3 Å². The van der Waals surface area contributed by atoms with Gasteiger partial charge in [0.1, 0.15) is 6.04 Å². The maximum Gasteiger partial charge on any atom is 0.244 e. The molecule has 118 valence electrons. The van der Waals surface area contributed by atoms with Gasteiger partial charge in [0.2, 0.25) is 11.8 Å². The number of hydrogen-bond donors (Lipinski definition) is 2. The molecular formula is C16H21N3O3. The van der Waals surface area contributed by atoms with Crippen molar-refractivity contribution in [3.63, 3.8) is 0 Å². The zero-order valence-corrected chi connectivity index (χ0v) is 12.7. The minimum atomic E-state index is -0.356. The molecule has 0 saturated carbocycles. The lowest BCUT2D eigenvalue weighted by molar-refractivity contribution is -0.123. The summed E-state index contributed by atoms with van der Waals surface area (Å²) in [5.41, 5.74) is 1.53. The summed E-state index contributed by atoms with van der Waals surface area (Å²) in [6, 6.07) is 7.06. The summed E-state index contributed by atoms with van der Waals surface area (Å²) in [4.78, 5) is 25.9. The van der Waals surface area contributed by atoms with Crippen LogP contribution in [0.2, 0.25) is 0 Å². The van der Waals surface area contributed by atoms with Gasteiger partial charge in [-0.2, -0.15) is 0 Å². The third kappa shape index (κ3) is 3.13. The van der Waals surface area contributed by atoms with E-state index in [1.165, 1.54) is 0 Å². The van der Waals surface area contributed by atoms with Gasteiger partial charge < -0.3 is 20.3 Å². The van der Waals surface area contributed by atoms with Gasteiger partial charge in [0.15, 0.2) is 0 Å². The lowest BCUT2D eigenvalue weighted by atomic mass is 10.1. The summed E-state index contributed by atoms with van der Waals surface area (Å²) in [7, 11) is 0. The van der Waals surface area contributed by atoms with Crippen LogP contribution in [0, 0.1) is 0 Å². The molecule has 2 heterocycles. The van der Waals surface area contributed by atoms with E-state index in [1.807, 2.05) is 31.2 Å². The van der Waals surface area contributed by atoms with Crippen LogP contribution >= 0.6 is 0 Å². The summed E-state index contributed by atoms with van der Waals surface area (Å²) >= 11 is 0. The van der Waals surface area contributed by atoms with Crippen LogP contribution in [0.4, 0.5) is 11.4 Å². The Balaban J connectivity index is 1.70. The highest BCUT2D eigenvalue weighted by molar-refractivity contribution is 5.98. The Hall–Kier alpha value is -1.92. The van der Waals surface area contributed by atoms with Gasteiger partial charge in [-0.1, -0.05) is 6.07 Å². The van der Waals surface area contributed by atoms with Crippen molar-refractivity contribution in [3.8, 4) is 0 Å². The van der Waals surface area contributed by atoms with Crippen molar-refractivity contribution in [2.24, 2.45) is 0 Å². The Bertz CT molecular complexity index is 576. The number of amides is 2. The molecule has 0 aromatic heterocycles. The van der Waals surface area contributed by atoms with Crippen LogP contribution in [0.3, 0.4) is 0 Å². The normalized spacial score (nSPS) is 25.3. The molecule has 1 aromatic rings. The number of morpholine rings is 1. The van der Waals surface area contributed by atoms with Crippen LogP contribution in [0.25, 0.3) is 0 Å². The molecule has 0 radical (unpaired) electrons. The first-order valence-corrected chi connectivity index (χ1v) is 7.71. The van der Waals surface area contributed by atoms with Crippen LogP contribution < -0.4 is 15.5 Å². The standard InChI is InChI=1S/C16H21N3O3/c1-11-15(17-7-9-22-11)16(21)18-12-4-2-5-13(10-12)19-8-3-6-14(19)20/h2,4-5,10-11,15,17H,3,6-9H2,1H3,(H,18,21)/t11-,15+/m1/s1. The first-order valence-electron chi connectivity index (χ1n) is 7.71.